The van der Waals surface area contributed by atoms with Crippen LogP contribution in [0.15, 0.2) is 34.5 Å². The summed E-state index contributed by atoms with van der Waals surface area (Å²) < 4.78 is 30.5. The van der Waals surface area contributed by atoms with Crippen molar-refractivity contribution in [1.29, 1.82) is 0 Å². The second-order valence-corrected chi connectivity index (χ2v) is 10.9. The third-order valence-electron chi connectivity index (χ3n) is 5.57. The molecule has 9 heteroatoms. The van der Waals surface area contributed by atoms with Crippen molar-refractivity contribution in [3.63, 3.8) is 0 Å². The first-order valence-electron chi connectivity index (χ1n) is 11.9. The van der Waals surface area contributed by atoms with E-state index in [1.807, 2.05) is 0 Å². The molecule has 2 aromatic rings. The monoisotopic (exact) mass is 508 g/mol. The summed E-state index contributed by atoms with van der Waals surface area (Å²) in [6, 6.07) is 6.31. The molecule has 188 valence electrons. The zero-order valence-electron chi connectivity index (χ0n) is 20.6. The largest absolute Gasteiger partial charge is 0.449 e. The number of sulfonamides is 1. The smallest absolute Gasteiger partial charge is 0.423 e. The van der Waals surface area contributed by atoms with Gasteiger partial charge in [-0.2, -0.15) is 0 Å². The number of benzene rings is 1. The molecule has 34 heavy (non-hydrogen) atoms. The van der Waals surface area contributed by atoms with Crippen LogP contribution in [0.2, 0.25) is 0 Å². The predicted molar refractivity (Wildman–Crippen MR) is 136 cm³/mol. The maximum absolute atomic E-state index is 12.9. The van der Waals surface area contributed by atoms with Gasteiger partial charge in [-0.05, 0) is 73.2 Å². The Bertz CT molecular complexity index is 1050. The number of nitrogens with one attached hydrogen (secondary N) is 1. The Morgan fingerprint density at radius 2 is 1.65 bits per heavy atom. The van der Waals surface area contributed by atoms with Crippen molar-refractivity contribution >= 4 is 33.4 Å². The number of thiophene rings is 1. The first kappa shape index (κ1) is 27.9. The molecule has 1 heterocycles. The molecular weight excluding hydrogens is 472 g/mol. The highest BCUT2D eigenvalue weighted by atomic mass is 32.2. The third-order valence-corrected chi connectivity index (χ3v) is 8.38. The highest BCUT2D eigenvalue weighted by molar-refractivity contribution is 7.89. The van der Waals surface area contributed by atoms with Gasteiger partial charge in [-0.3, -0.25) is 4.79 Å². The Morgan fingerprint density at radius 1 is 1.00 bits per heavy atom. The van der Waals surface area contributed by atoms with Crippen molar-refractivity contribution in [1.82, 2.24) is 9.62 Å². The zero-order chi connectivity index (χ0) is 25.1. The molecule has 2 rings (SSSR count). The number of carbonyl (C=O) groups excluding carboxylic acids is 2. The number of nitrogens with zero attached hydrogens (tertiary/aromatic N) is 1. The third kappa shape index (κ3) is 7.30. The van der Waals surface area contributed by atoms with Crippen LogP contribution in [0.5, 0.6) is 0 Å². The molecule has 0 aliphatic carbocycles. The summed E-state index contributed by atoms with van der Waals surface area (Å²) in [5, 5.41) is 5.14. The Labute approximate surface area is 207 Å². The summed E-state index contributed by atoms with van der Waals surface area (Å²) in [5.74, 6) is -0.0471. The lowest BCUT2D eigenvalue weighted by molar-refractivity contribution is 0.0957. The molecule has 0 aliphatic rings. The van der Waals surface area contributed by atoms with Gasteiger partial charge in [-0.15, -0.1) is 11.3 Å². The van der Waals surface area contributed by atoms with E-state index in [9.17, 15) is 18.0 Å². The summed E-state index contributed by atoms with van der Waals surface area (Å²) >= 11 is 1.52. The summed E-state index contributed by atoms with van der Waals surface area (Å²) in [7, 11) is -2.80. The van der Waals surface area contributed by atoms with Crippen LogP contribution in [0.4, 0.5) is 4.79 Å². The minimum Gasteiger partial charge on any atom is -0.449 e. The first-order valence-corrected chi connectivity index (χ1v) is 14.2. The fraction of sp³-hybridized carbons (Fsp3) is 0.520. The molecule has 0 spiro atoms. The number of unbranched alkanes of at least 4 members (excludes halogenated alkanes) is 2. The summed E-state index contributed by atoms with van der Waals surface area (Å²) in [6.45, 7) is 6.48. The van der Waals surface area contributed by atoms with Crippen LogP contribution >= 0.6 is 11.3 Å². The molecule has 1 aromatic carbocycles. The normalized spacial score (nSPS) is 11.3. The van der Waals surface area contributed by atoms with Crippen LogP contribution in [-0.2, 0) is 34.0 Å². The summed E-state index contributed by atoms with van der Waals surface area (Å²) in [4.78, 5) is 25.4. The number of amides is 2. The van der Waals surface area contributed by atoms with Crippen molar-refractivity contribution in [3.05, 3.63) is 51.2 Å². The van der Waals surface area contributed by atoms with E-state index < -0.39 is 16.1 Å². The van der Waals surface area contributed by atoms with Gasteiger partial charge in [0.2, 0.25) is 0 Å². The Morgan fingerprint density at radius 3 is 2.26 bits per heavy atom. The Kier molecular flexibility index (Phi) is 11.0. The van der Waals surface area contributed by atoms with Crippen molar-refractivity contribution in [2.75, 3.05) is 20.2 Å². The van der Waals surface area contributed by atoms with Crippen LogP contribution in [0.1, 0.15) is 72.8 Å². The van der Waals surface area contributed by atoms with E-state index in [1.54, 1.807) is 19.1 Å². The molecular formula is C25H36N2O5S2. The van der Waals surface area contributed by atoms with E-state index in [0.717, 1.165) is 49.0 Å². The van der Waals surface area contributed by atoms with Gasteiger partial charge in [-0.1, -0.05) is 38.8 Å². The van der Waals surface area contributed by atoms with Crippen molar-refractivity contribution in [2.45, 2.75) is 70.6 Å². The van der Waals surface area contributed by atoms with E-state index >= 15 is 0 Å². The molecule has 0 bridgehead atoms. The average Bonchev–Trinajstić information content (AvgIpc) is 3.23. The molecule has 0 aliphatic heterocycles. The second-order valence-electron chi connectivity index (χ2n) is 8.10. The minimum atomic E-state index is -3.97. The first-order chi connectivity index (χ1) is 16.3. The molecule has 0 saturated heterocycles. The maximum atomic E-state index is 12.9. The summed E-state index contributed by atoms with van der Waals surface area (Å²) in [5.41, 5.74) is 3.38. The molecule has 2 amide bonds. The number of carbonyl (C=O) groups is 2. The van der Waals surface area contributed by atoms with Gasteiger partial charge in [0.25, 0.3) is 15.9 Å². The van der Waals surface area contributed by atoms with Gasteiger partial charge in [0.1, 0.15) is 0 Å². The van der Waals surface area contributed by atoms with Gasteiger partial charge in [-0.25, -0.2) is 17.5 Å². The average molecular weight is 509 g/mol. The van der Waals surface area contributed by atoms with Crippen molar-refractivity contribution in [3.8, 4) is 0 Å². The maximum Gasteiger partial charge on any atom is 0.423 e. The fourth-order valence-electron chi connectivity index (χ4n) is 3.51. The van der Waals surface area contributed by atoms with Crippen LogP contribution < -0.4 is 5.32 Å². The van der Waals surface area contributed by atoms with Gasteiger partial charge in [0.15, 0.2) is 0 Å². The standard InChI is InChI=1S/C25H36N2O5S2/c1-5-8-10-20-18-33-23(22(20)11-9-6-2)24(28)26-17-16-19-12-14-21(15-13-19)34(30,31)27(4)25(29)32-7-3/h12-15,18H,5-11,16-17H2,1-4H3,(H,26,28). The molecule has 0 fully saturated rings. The number of hydrogen-bond acceptors (Lipinski definition) is 6. The molecule has 0 atom stereocenters. The van der Waals surface area contributed by atoms with Gasteiger partial charge < -0.3 is 10.1 Å². The van der Waals surface area contributed by atoms with Crippen LogP contribution in [0, 0.1) is 0 Å². The Balaban J connectivity index is 1.99. The Hall–Kier alpha value is -2.39. The quantitative estimate of drug-likeness (QED) is 0.402. The molecule has 0 unspecified atom stereocenters. The fourth-order valence-corrected chi connectivity index (χ4v) is 5.63. The van der Waals surface area contributed by atoms with Gasteiger partial charge in [0.05, 0.1) is 16.4 Å². The topological polar surface area (TPSA) is 92.8 Å². The molecule has 7 nitrogen and oxygen atoms in total. The van der Waals surface area contributed by atoms with Gasteiger partial charge >= 0.3 is 6.09 Å². The van der Waals surface area contributed by atoms with Crippen LogP contribution in [-0.4, -0.2) is 44.9 Å². The lowest BCUT2D eigenvalue weighted by atomic mass is 10.0. The summed E-state index contributed by atoms with van der Waals surface area (Å²) in [6.07, 6.45) is 6.00. The van der Waals surface area contributed by atoms with Gasteiger partial charge in [0, 0.05) is 13.6 Å². The molecule has 0 saturated carbocycles. The molecule has 1 aromatic heterocycles. The van der Waals surface area contributed by atoms with E-state index in [-0.39, 0.29) is 17.4 Å². The molecule has 0 radical (unpaired) electrons. The zero-order valence-corrected chi connectivity index (χ0v) is 22.2. The minimum absolute atomic E-state index is 0.00889. The van der Waals surface area contributed by atoms with E-state index in [4.69, 9.17) is 4.74 Å². The lowest BCUT2D eigenvalue weighted by Crippen LogP contribution is -2.33. The number of aryl methyl sites for hydroxylation is 1. The van der Waals surface area contributed by atoms with E-state index in [1.165, 1.54) is 41.6 Å². The predicted octanol–water partition coefficient (Wildman–Crippen LogP) is 5.18. The highest BCUT2D eigenvalue weighted by Gasteiger charge is 2.26. The number of rotatable bonds is 13. The van der Waals surface area contributed by atoms with E-state index in [2.05, 4.69) is 24.5 Å². The van der Waals surface area contributed by atoms with Crippen LogP contribution in [0.25, 0.3) is 0 Å². The number of ether oxygens (including phenoxy) is 1. The van der Waals surface area contributed by atoms with E-state index in [0.29, 0.717) is 17.3 Å². The van der Waals surface area contributed by atoms with Crippen LogP contribution in [0.3, 0.4) is 0 Å². The lowest BCUT2D eigenvalue weighted by Gasteiger charge is -2.17. The van der Waals surface area contributed by atoms with Crippen molar-refractivity contribution in [2.24, 2.45) is 0 Å². The SMILES string of the molecule is CCCCc1csc(C(=O)NCCc2ccc(S(=O)(=O)N(C)C(=O)OCC)cc2)c1CCCC. The highest BCUT2D eigenvalue weighted by Crippen LogP contribution is 2.26. The van der Waals surface area contributed by atoms with Crippen molar-refractivity contribution < 1.29 is 22.7 Å². The second kappa shape index (κ2) is 13.5. The molecule has 1 N–H and O–H groups in total. The number of hydrogen-bond donors (Lipinski definition) is 1.